The van der Waals surface area contributed by atoms with Crippen molar-refractivity contribution < 1.29 is 18.7 Å². The van der Waals surface area contributed by atoms with E-state index in [2.05, 4.69) is 22.0 Å². The predicted molar refractivity (Wildman–Crippen MR) is 116 cm³/mol. The van der Waals surface area contributed by atoms with Gasteiger partial charge in [0.1, 0.15) is 11.9 Å². The summed E-state index contributed by atoms with van der Waals surface area (Å²) in [5.41, 5.74) is 0.643. The van der Waals surface area contributed by atoms with E-state index in [1.807, 2.05) is 12.1 Å². The van der Waals surface area contributed by atoms with Gasteiger partial charge < -0.3 is 19.9 Å². The molecule has 31 heavy (non-hydrogen) atoms. The molecule has 1 spiro atoms. The highest BCUT2D eigenvalue weighted by atomic mass is 19.1. The maximum Gasteiger partial charge on any atom is 0.317 e. The van der Waals surface area contributed by atoms with Crippen molar-refractivity contribution in [2.24, 2.45) is 5.41 Å². The maximum absolute atomic E-state index is 13.2. The number of cyclic esters (lactones) is 1. The van der Waals surface area contributed by atoms with Crippen LogP contribution in [0.3, 0.4) is 0 Å². The molecular formula is C23H33FN4O3. The molecule has 3 aliphatic heterocycles. The molecule has 0 aliphatic carbocycles. The van der Waals surface area contributed by atoms with Gasteiger partial charge in [0.2, 0.25) is 0 Å². The minimum absolute atomic E-state index is 0.0404. The van der Waals surface area contributed by atoms with E-state index in [-0.39, 0.29) is 23.9 Å². The topological polar surface area (TPSA) is 65.1 Å². The molecule has 0 unspecified atom stereocenters. The van der Waals surface area contributed by atoms with Crippen LogP contribution in [0.4, 0.5) is 14.9 Å². The lowest BCUT2D eigenvalue weighted by Gasteiger charge is -2.41. The van der Waals surface area contributed by atoms with E-state index in [4.69, 9.17) is 4.74 Å². The third-order valence-electron chi connectivity index (χ3n) is 7.24. The van der Waals surface area contributed by atoms with E-state index < -0.39 is 5.41 Å². The Morgan fingerprint density at radius 2 is 1.90 bits per heavy atom. The number of hydrogen-bond donors (Lipinski definition) is 1. The van der Waals surface area contributed by atoms with E-state index in [9.17, 15) is 14.0 Å². The molecule has 0 aromatic heterocycles. The summed E-state index contributed by atoms with van der Waals surface area (Å²) in [4.78, 5) is 31.0. The number of urea groups is 1. The van der Waals surface area contributed by atoms with Crippen LogP contribution in [0.25, 0.3) is 0 Å². The molecule has 4 rings (SSSR count). The third kappa shape index (κ3) is 4.63. The number of piperidine rings is 1. The molecule has 3 fully saturated rings. The molecule has 0 saturated carbocycles. The molecule has 170 valence electrons. The molecule has 2 atom stereocenters. The molecule has 3 saturated heterocycles. The van der Waals surface area contributed by atoms with Gasteiger partial charge in [0.05, 0.1) is 5.41 Å². The number of halogens is 1. The Bertz CT molecular complexity index is 795. The summed E-state index contributed by atoms with van der Waals surface area (Å²) < 4.78 is 19.0. The summed E-state index contributed by atoms with van der Waals surface area (Å²) in [6.45, 7) is 7.05. The van der Waals surface area contributed by atoms with Crippen LogP contribution in [0.5, 0.6) is 0 Å². The first kappa shape index (κ1) is 21.9. The molecule has 1 N–H and O–H groups in total. The number of nitrogens with one attached hydrogen (secondary N) is 1. The highest BCUT2D eigenvalue weighted by molar-refractivity contribution is 5.80. The Balaban J connectivity index is 1.25. The number of likely N-dealkylation sites (tertiary alicyclic amines) is 1. The van der Waals surface area contributed by atoms with Crippen LogP contribution >= 0.6 is 0 Å². The Labute approximate surface area is 183 Å². The molecule has 3 aliphatic rings. The van der Waals surface area contributed by atoms with Gasteiger partial charge in [0, 0.05) is 64.5 Å². The molecule has 0 radical (unpaired) electrons. The zero-order chi connectivity index (χ0) is 22.0. The second kappa shape index (κ2) is 9.02. The summed E-state index contributed by atoms with van der Waals surface area (Å²) in [5, 5.41) is 2.66. The van der Waals surface area contributed by atoms with E-state index in [0.29, 0.717) is 32.0 Å². The van der Waals surface area contributed by atoms with Crippen LogP contribution in [-0.4, -0.2) is 80.3 Å². The number of anilines is 1. The van der Waals surface area contributed by atoms with Gasteiger partial charge in [-0.25, -0.2) is 9.18 Å². The number of carbonyl (C=O) groups excluding carboxylic acids is 2. The summed E-state index contributed by atoms with van der Waals surface area (Å²) in [6, 6.07) is 6.99. The van der Waals surface area contributed by atoms with Gasteiger partial charge in [-0.05, 0) is 50.5 Å². The predicted octanol–water partition coefficient (Wildman–Crippen LogP) is 2.46. The van der Waals surface area contributed by atoms with Crippen LogP contribution < -0.4 is 10.2 Å². The van der Waals surface area contributed by atoms with E-state index in [1.54, 1.807) is 11.9 Å². The van der Waals surface area contributed by atoms with Crippen molar-refractivity contribution in [3.05, 3.63) is 30.1 Å². The largest absolute Gasteiger partial charge is 0.462 e. The van der Waals surface area contributed by atoms with Crippen molar-refractivity contribution in [2.75, 3.05) is 51.2 Å². The fourth-order valence-corrected chi connectivity index (χ4v) is 5.23. The first-order valence-corrected chi connectivity index (χ1v) is 11.3. The van der Waals surface area contributed by atoms with Crippen molar-refractivity contribution in [1.29, 1.82) is 0 Å². The average Bonchev–Trinajstić information content (AvgIpc) is 3.08. The first-order valence-electron chi connectivity index (χ1n) is 11.3. The number of nitrogens with zero attached hydrogens (tertiary/aromatic N) is 3. The Morgan fingerprint density at radius 3 is 2.55 bits per heavy atom. The zero-order valence-electron chi connectivity index (χ0n) is 18.5. The molecule has 0 bridgehead atoms. The number of amides is 2. The normalized spacial score (nSPS) is 26.2. The smallest absolute Gasteiger partial charge is 0.317 e. The van der Waals surface area contributed by atoms with Crippen LogP contribution in [0.15, 0.2) is 24.3 Å². The Hall–Kier alpha value is -2.35. The van der Waals surface area contributed by atoms with Crippen LogP contribution in [0.1, 0.15) is 32.6 Å². The standard InChI is InChI=1S/C23H33FN4O3/c1-17-16-28(19-5-3-18(24)4-6-19)14-13-26(17)10-7-20-15-23(21(29)31-20)8-11-27(12-9-23)22(30)25-2/h3-6,17,20H,7-16H2,1-2H3,(H,25,30)/t17-,20-/m0/s1. The highest BCUT2D eigenvalue weighted by Crippen LogP contribution is 2.44. The summed E-state index contributed by atoms with van der Waals surface area (Å²) >= 11 is 0. The monoisotopic (exact) mass is 432 g/mol. The van der Waals surface area contributed by atoms with E-state index >= 15 is 0 Å². The number of hydrogen-bond acceptors (Lipinski definition) is 5. The molecule has 1 aromatic carbocycles. The van der Waals surface area contributed by atoms with E-state index in [0.717, 1.165) is 44.7 Å². The lowest BCUT2D eigenvalue weighted by atomic mass is 9.76. The second-order valence-corrected chi connectivity index (χ2v) is 9.15. The van der Waals surface area contributed by atoms with Crippen molar-refractivity contribution in [2.45, 2.75) is 44.8 Å². The lowest BCUT2D eigenvalue weighted by Crippen LogP contribution is -2.52. The van der Waals surface area contributed by atoms with Gasteiger partial charge in [-0.3, -0.25) is 9.69 Å². The molecular weight excluding hydrogens is 399 g/mol. The molecule has 7 nitrogen and oxygen atoms in total. The second-order valence-electron chi connectivity index (χ2n) is 9.15. The molecule has 2 amide bonds. The fourth-order valence-electron chi connectivity index (χ4n) is 5.23. The third-order valence-corrected chi connectivity index (χ3v) is 7.24. The van der Waals surface area contributed by atoms with Gasteiger partial charge in [-0.15, -0.1) is 0 Å². The van der Waals surface area contributed by atoms with E-state index in [1.165, 1.54) is 12.1 Å². The van der Waals surface area contributed by atoms with Crippen LogP contribution in [0.2, 0.25) is 0 Å². The number of ether oxygens (including phenoxy) is 1. The minimum Gasteiger partial charge on any atom is -0.462 e. The Kier molecular flexibility index (Phi) is 6.36. The first-order chi connectivity index (χ1) is 14.9. The number of rotatable bonds is 4. The van der Waals surface area contributed by atoms with Crippen molar-refractivity contribution in [3.63, 3.8) is 0 Å². The van der Waals surface area contributed by atoms with Crippen molar-refractivity contribution in [3.8, 4) is 0 Å². The van der Waals surface area contributed by atoms with Gasteiger partial charge in [-0.2, -0.15) is 0 Å². The SMILES string of the molecule is CNC(=O)N1CCC2(CC1)C[C@H](CCN1CCN(c3ccc(F)cc3)C[C@@H]1C)OC2=O. The zero-order valence-corrected chi connectivity index (χ0v) is 18.5. The quantitative estimate of drug-likeness (QED) is 0.741. The maximum atomic E-state index is 13.2. The molecule has 1 aromatic rings. The van der Waals surface area contributed by atoms with Crippen molar-refractivity contribution in [1.82, 2.24) is 15.1 Å². The Morgan fingerprint density at radius 1 is 1.19 bits per heavy atom. The number of esters is 1. The van der Waals surface area contributed by atoms with Gasteiger partial charge in [-0.1, -0.05) is 0 Å². The summed E-state index contributed by atoms with van der Waals surface area (Å²) in [6.07, 6.45) is 2.93. The summed E-state index contributed by atoms with van der Waals surface area (Å²) in [5.74, 6) is -0.290. The molecule has 8 heteroatoms. The van der Waals surface area contributed by atoms with Crippen LogP contribution in [0, 0.1) is 11.2 Å². The number of benzene rings is 1. The van der Waals surface area contributed by atoms with Gasteiger partial charge in [0.15, 0.2) is 0 Å². The van der Waals surface area contributed by atoms with Gasteiger partial charge in [0.25, 0.3) is 0 Å². The number of carbonyl (C=O) groups is 2. The minimum atomic E-state index is -0.415. The lowest BCUT2D eigenvalue weighted by molar-refractivity contribution is -0.150. The van der Waals surface area contributed by atoms with Crippen molar-refractivity contribution >= 4 is 17.7 Å². The molecule has 3 heterocycles. The van der Waals surface area contributed by atoms with Crippen LogP contribution in [-0.2, 0) is 9.53 Å². The number of piperazine rings is 1. The summed E-state index contributed by atoms with van der Waals surface area (Å²) in [7, 11) is 1.63. The highest BCUT2D eigenvalue weighted by Gasteiger charge is 2.50. The average molecular weight is 433 g/mol. The fraction of sp³-hybridized carbons (Fsp3) is 0.652. The van der Waals surface area contributed by atoms with Gasteiger partial charge >= 0.3 is 12.0 Å².